The van der Waals surface area contributed by atoms with E-state index in [9.17, 15) is 9.59 Å². The van der Waals surface area contributed by atoms with E-state index < -0.39 is 0 Å². The highest BCUT2D eigenvalue weighted by Crippen LogP contribution is 2.11. The number of rotatable bonds is 3. The first-order chi connectivity index (χ1) is 10.1. The van der Waals surface area contributed by atoms with Gasteiger partial charge in [-0.15, -0.1) is 0 Å². The molecule has 0 unspecified atom stereocenters. The van der Waals surface area contributed by atoms with Crippen molar-refractivity contribution in [2.45, 2.75) is 38.8 Å². The normalized spacial score (nSPS) is 15.9. The van der Waals surface area contributed by atoms with E-state index >= 15 is 0 Å². The van der Waals surface area contributed by atoms with E-state index in [0.717, 1.165) is 12.8 Å². The second-order valence-electron chi connectivity index (χ2n) is 5.70. The molecule has 0 atom stereocenters. The zero-order chi connectivity index (χ0) is 15.2. The van der Waals surface area contributed by atoms with Crippen molar-refractivity contribution in [3.63, 3.8) is 0 Å². The van der Waals surface area contributed by atoms with Crippen molar-refractivity contribution in [1.29, 1.82) is 0 Å². The molecule has 21 heavy (non-hydrogen) atoms. The van der Waals surface area contributed by atoms with Crippen LogP contribution in [0, 0.1) is 0 Å². The van der Waals surface area contributed by atoms with Gasteiger partial charge in [0.15, 0.2) is 0 Å². The molecule has 0 spiro atoms. The molecule has 1 heterocycles. The number of carbonyl (C=O) groups is 2. The number of likely N-dealkylation sites (tertiary alicyclic amines) is 1. The number of hydrogen-bond donors (Lipinski definition) is 2. The fourth-order valence-electron chi connectivity index (χ4n) is 2.42. The quantitative estimate of drug-likeness (QED) is 0.894. The minimum absolute atomic E-state index is 0.0159. The van der Waals surface area contributed by atoms with Crippen molar-refractivity contribution >= 4 is 11.9 Å². The third kappa shape index (κ3) is 4.48. The van der Waals surface area contributed by atoms with Crippen molar-refractivity contribution in [2.75, 3.05) is 13.1 Å². The van der Waals surface area contributed by atoms with Gasteiger partial charge in [0.2, 0.25) is 0 Å². The van der Waals surface area contributed by atoms with Crippen LogP contribution < -0.4 is 10.6 Å². The Labute approximate surface area is 125 Å². The minimum atomic E-state index is -0.0410. The second kappa shape index (κ2) is 7.11. The van der Waals surface area contributed by atoms with Crippen LogP contribution in [-0.4, -0.2) is 42.0 Å². The van der Waals surface area contributed by atoms with Gasteiger partial charge < -0.3 is 15.5 Å². The van der Waals surface area contributed by atoms with E-state index in [1.165, 1.54) is 0 Å². The number of amides is 3. The molecular formula is C16H23N3O2. The number of nitrogens with zero attached hydrogens (tertiary/aromatic N) is 1. The van der Waals surface area contributed by atoms with E-state index in [1.54, 1.807) is 12.1 Å². The van der Waals surface area contributed by atoms with Crippen LogP contribution in [-0.2, 0) is 0 Å². The lowest BCUT2D eigenvalue weighted by atomic mass is 10.0. The highest BCUT2D eigenvalue weighted by atomic mass is 16.2. The molecule has 1 aliphatic heterocycles. The smallest absolute Gasteiger partial charge is 0.317 e. The van der Waals surface area contributed by atoms with Gasteiger partial charge in [0, 0.05) is 30.7 Å². The molecule has 114 valence electrons. The van der Waals surface area contributed by atoms with Crippen LogP contribution in [0.3, 0.4) is 0 Å². The third-order valence-corrected chi connectivity index (χ3v) is 3.57. The van der Waals surface area contributed by atoms with Gasteiger partial charge >= 0.3 is 6.03 Å². The predicted octanol–water partition coefficient (Wildman–Crippen LogP) is 2.00. The summed E-state index contributed by atoms with van der Waals surface area (Å²) in [5, 5.41) is 5.93. The first-order valence-electron chi connectivity index (χ1n) is 7.47. The average molecular weight is 289 g/mol. The van der Waals surface area contributed by atoms with Gasteiger partial charge in [-0.25, -0.2) is 4.79 Å². The van der Waals surface area contributed by atoms with Crippen LogP contribution in [0.5, 0.6) is 0 Å². The van der Waals surface area contributed by atoms with Crippen LogP contribution in [0.25, 0.3) is 0 Å². The Morgan fingerprint density at radius 3 is 2.33 bits per heavy atom. The number of urea groups is 1. The average Bonchev–Trinajstić information content (AvgIpc) is 2.48. The Morgan fingerprint density at radius 2 is 1.76 bits per heavy atom. The van der Waals surface area contributed by atoms with Gasteiger partial charge in [0.25, 0.3) is 5.91 Å². The van der Waals surface area contributed by atoms with Crippen LogP contribution in [0.2, 0.25) is 0 Å². The number of benzene rings is 1. The largest absolute Gasteiger partial charge is 0.349 e. The molecule has 0 radical (unpaired) electrons. The monoisotopic (exact) mass is 289 g/mol. The van der Waals surface area contributed by atoms with Crippen LogP contribution in [0.1, 0.15) is 37.0 Å². The molecule has 2 N–H and O–H groups in total. The summed E-state index contributed by atoms with van der Waals surface area (Å²) in [7, 11) is 0. The molecule has 0 saturated carbocycles. The standard InChI is InChI=1S/C16H23N3O2/c1-12(2)17-16(21)19-10-8-14(9-11-19)18-15(20)13-6-4-3-5-7-13/h3-7,12,14H,8-11H2,1-2H3,(H,17,21)(H,18,20). The molecule has 2 rings (SSSR count). The zero-order valence-electron chi connectivity index (χ0n) is 12.6. The first-order valence-corrected chi connectivity index (χ1v) is 7.47. The zero-order valence-corrected chi connectivity index (χ0v) is 12.6. The Bertz CT molecular complexity index is 480. The number of nitrogens with one attached hydrogen (secondary N) is 2. The van der Waals surface area contributed by atoms with E-state index in [4.69, 9.17) is 0 Å². The van der Waals surface area contributed by atoms with E-state index in [-0.39, 0.29) is 24.0 Å². The van der Waals surface area contributed by atoms with E-state index in [0.29, 0.717) is 18.7 Å². The maximum atomic E-state index is 12.1. The van der Waals surface area contributed by atoms with E-state index in [2.05, 4.69) is 10.6 Å². The molecule has 1 saturated heterocycles. The third-order valence-electron chi connectivity index (χ3n) is 3.57. The fraction of sp³-hybridized carbons (Fsp3) is 0.500. The summed E-state index contributed by atoms with van der Waals surface area (Å²) in [6.07, 6.45) is 1.59. The summed E-state index contributed by atoms with van der Waals surface area (Å²) < 4.78 is 0. The molecule has 3 amide bonds. The Hall–Kier alpha value is -2.04. The van der Waals surface area contributed by atoms with Gasteiger partial charge in [0.1, 0.15) is 0 Å². The van der Waals surface area contributed by atoms with Gasteiger partial charge in [-0.2, -0.15) is 0 Å². The Morgan fingerprint density at radius 1 is 1.14 bits per heavy atom. The SMILES string of the molecule is CC(C)NC(=O)N1CCC(NC(=O)c2ccccc2)CC1. The topological polar surface area (TPSA) is 61.4 Å². The summed E-state index contributed by atoms with van der Waals surface area (Å²) in [4.78, 5) is 25.8. The van der Waals surface area contributed by atoms with Crippen LogP contribution >= 0.6 is 0 Å². The lowest BCUT2D eigenvalue weighted by Gasteiger charge is -2.32. The first kappa shape index (κ1) is 15.4. The van der Waals surface area contributed by atoms with Crippen LogP contribution in [0.4, 0.5) is 4.79 Å². The van der Waals surface area contributed by atoms with Crippen molar-refractivity contribution in [3.8, 4) is 0 Å². The molecule has 1 fully saturated rings. The molecule has 0 bridgehead atoms. The van der Waals surface area contributed by atoms with E-state index in [1.807, 2.05) is 36.9 Å². The Balaban J connectivity index is 1.79. The highest BCUT2D eigenvalue weighted by molar-refractivity contribution is 5.94. The molecule has 5 nitrogen and oxygen atoms in total. The maximum absolute atomic E-state index is 12.1. The highest BCUT2D eigenvalue weighted by Gasteiger charge is 2.24. The Kier molecular flexibility index (Phi) is 5.20. The molecule has 5 heteroatoms. The fourth-order valence-corrected chi connectivity index (χ4v) is 2.42. The van der Waals surface area contributed by atoms with Crippen molar-refractivity contribution in [2.24, 2.45) is 0 Å². The minimum Gasteiger partial charge on any atom is -0.349 e. The van der Waals surface area contributed by atoms with Gasteiger partial charge in [0.05, 0.1) is 0 Å². The van der Waals surface area contributed by atoms with Crippen molar-refractivity contribution in [3.05, 3.63) is 35.9 Å². The summed E-state index contributed by atoms with van der Waals surface area (Å²) in [5.41, 5.74) is 0.678. The molecule has 0 aliphatic carbocycles. The summed E-state index contributed by atoms with van der Waals surface area (Å²) >= 11 is 0. The number of carbonyl (C=O) groups excluding carboxylic acids is 2. The predicted molar refractivity (Wildman–Crippen MR) is 82.2 cm³/mol. The summed E-state index contributed by atoms with van der Waals surface area (Å²) in [5.74, 6) is -0.0410. The second-order valence-corrected chi connectivity index (χ2v) is 5.70. The lowest BCUT2D eigenvalue weighted by Crippen LogP contribution is -2.50. The number of piperidine rings is 1. The summed E-state index contributed by atoms with van der Waals surface area (Å²) in [6, 6.07) is 9.48. The van der Waals surface area contributed by atoms with Gasteiger partial charge in [-0.05, 0) is 38.8 Å². The van der Waals surface area contributed by atoms with Gasteiger partial charge in [-0.3, -0.25) is 4.79 Å². The molecular weight excluding hydrogens is 266 g/mol. The molecule has 1 aromatic carbocycles. The van der Waals surface area contributed by atoms with Gasteiger partial charge in [-0.1, -0.05) is 18.2 Å². The maximum Gasteiger partial charge on any atom is 0.317 e. The van der Waals surface area contributed by atoms with Crippen molar-refractivity contribution in [1.82, 2.24) is 15.5 Å². The lowest BCUT2D eigenvalue weighted by molar-refractivity contribution is 0.0918. The summed E-state index contributed by atoms with van der Waals surface area (Å²) in [6.45, 7) is 5.26. The molecule has 1 aliphatic rings. The number of hydrogen-bond acceptors (Lipinski definition) is 2. The molecule has 1 aromatic rings. The van der Waals surface area contributed by atoms with Crippen LogP contribution in [0.15, 0.2) is 30.3 Å². The molecule has 0 aromatic heterocycles. The van der Waals surface area contributed by atoms with Crippen molar-refractivity contribution < 1.29 is 9.59 Å².